The zero-order valence-corrected chi connectivity index (χ0v) is 21.4. The second kappa shape index (κ2) is 9.91. The van der Waals surface area contributed by atoms with E-state index in [2.05, 4.69) is 0 Å². The number of likely N-dealkylation sites (tertiary alicyclic amines) is 1. The van der Waals surface area contributed by atoms with Crippen molar-refractivity contribution in [2.24, 2.45) is 17.8 Å². The third-order valence-corrected chi connectivity index (χ3v) is 8.24. The van der Waals surface area contributed by atoms with Crippen LogP contribution in [0.2, 0.25) is 0 Å². The fraction of sp³-hybridized carbons (Fsp3) is 0.536. The quantitative estimate of drug-likeness (QED) is 0.381. The Morgan fingerprint density at radius 2 is 1.67 bits per heavy atom. The van der Waals surface area contributed by atoms with Crippen molar-refractivity contribution in [3.63, 3.8) is 0 Å². The molecular formula is C28H29F6NO4. The zero-order chi connectivity index (χ0) is 28.3. The highest BCUT2D eigenvalue weighted by Gasteiger charge is 2.44. The van der Waals surface area contributed by atoms with Gasteiger partial charge in [0.05, 0.1) is 17.0 Å². The lowest BCUT2D eigenvalue weighted by Gasteiger charge is -2.47. The van der Waals surface area contributed by atoms with Crippen molar-refractivity contribution in [3.05, 3.63) is 58.7 Å². The van der Waals surface area contributed by atoms with Crippen LogP contribution in [0.4, 0.5) is 26.3 Å². The van der Waals surface area contributed by atoms with Gasteiger partial charge in [0.15, 0.2) is 11.5 Å². The van der Waals surface area contributed by atoms with Gasteiger partial charge in [0.2, 0.25) is 0 Å². The standard InChI is InChI=1S/C28H29F6NO4/c1-14(26(36)37)25(16-3-4-16)17-5-8-22-23(9-17)39-24(13-38-22)18-11-35(12-18)15(2)20-10-19(27(29,30)31)6-7-21(20)28(32,33)34/h5-10,14-16,18,24-25H,3-4,11-13H2,1-2H3,(H,36,37)/t14-,15-,24-,25?/m0/s1. The van der Waals surface area contributed by atoms with Crippen LogP contribution < -0.4 is 9.47 Å². The van der Waals surface area contributed by atoms with Gasteiger partial charge in [-0.2, -0.15) is 26.3 Å². The number of ether oxygens (including phenoxy) is 2. The molecule has 0 amide bonds. The Bertz CT molecular complexity index is 1240. The molecule has 5 nitrogen and oxygen atoms in total. The van der Waals surface area contributed by atoms with Crippen LogP contribution in [0.25, 0.3) is 0 Å². The van der Waals surface area contributed by atoms with E-state index >= 15 is 0 Å². The summed E-state index contributed by atoms with van der Waals surface area (Å²) >= 11 is 0. The van der Waals surface area contributed by atoms with Crippen molar-refractivity contribution >= 4 is 5.97 Å². The molecule has 1 unspecified atom stereocenters. The molecule has 1 saturated heterocycles. The Hall–Kier alpha value is -2.95. The molecule has 2 aliphatic heterocycles. The largest absolute Gasteiger partial charge is 0.486 e. The Labute approximate surface area is 221 Å². The number of carboxylic acids is 1. The first-order valence-electron chi connectivity index (χ1n) is 12.9. The van der Waals surface area contributed by atoms with Gasteiger partial charge in [-0.3, -0.25) is 9.69 Å². The number of aliphatic carboxylic acids is 1. The average molecular weight is 558 g/mol. The predicted molar refractivity (Wildman–Crippen MR) is 129 cm³/mol. The minimum Gasteiger partial charge on any atom is -0.486 e. The molecule has 2 fully saturated rings. The normalized spacial score (nSPS) is 22.6. The van der Waals surface area contributed by atoms with Crippen molar-refractivity contribution < 1.29 is 45.7 Å². The lowest BCUT2D eigenvalue weighted by atomic mass is 9.83. The van der Waals surface area contributed by atoms with E-state index in [0.717, 1.165) is 18.4 Å². The fourth-order valence-corrected chi connectivity index (χ4v) is 5.76. The number of hydrogen-bond donors (Lipinski definition) is 1. The van der Waals surface area contributed by atoms with E-state index in [-0.39, 0.29) is 18.4 Å². The summed E-state index contributed by atoms with van der Waals surface area (Å²) in [5.41, 5.74) is -1.74. The number of benzene rings is 2. The number of nitrogens with zero attached hydrogens (tertiary/aromatic N) is 1. The highest BCUT2D eigenvalue weighted by atomic mass is 19.4. The Kier molecular flexibility index (Phi) is 7.01. The van der Waals surface area contributed by atoms with Crippen molar-refractivity contribution in [3.8, 4) is 11.5 Å². The van der Waals surface area contributed by atoms with Gasteiger partial charge in [-0.15, -0.1) is 0 Å². The molecule has 11 heteroatoms. The van der Waals surface area contributed by atoms with E-state index in [4.69, 9.17) is 9.47 Å². The minimum atomic E-state index is -4.78. The molecule has 39 heavy (non-hydrogen) atoms. The molecule has 3 aliphatic rings. The third kappa shape index (κ3) is 5.55. The van der Waals surface area contributed by atoms with Gasteiger partial charge in [0.1, 0.15) is 12.7 Å². The summed E-state index contributed by atoms with van der Waals surface area (Å²) in [5.74, 6) is -0.332. The molecule has 1 saturated carbocycles. The first-order chi connectivity index (χ1) is 18.2. The number of alkyl halides is 6. The van der Waals surface area contributed by atoms with Crippen LogP contribution in [0.3, 0.4) is 0 Å². The van der Waals surface area contributed by atoms with Crippen molar-refractivity contribution in [2.45, 2.75) is 57.1 Å². The van der Waals surface area contributed by atoms with Crippen LogP contribution in [-0.2, 0) is 17.1 Å². The monoisotopic (exact) mass is 557 g/mol. The van der Waals surface area contributed by atoms with Crippen LogP contribution in [0.5, 0.6) is 11.5 Å². The van der Waals surface area contributed by atoms with E-state index in [1.165, 1.54) is 6.92 Å². The average Bonchev–Trinajstić information content (AvgIpc) is 3.66. The van der Waals surface area contributed by atoms with Gasteiger partial charge < -0.3 is 14.6 Å². The van der Waals surface area contributed by atoms with Gasteiger partial charge in [-0.25, -0.2) is 0 Å². The molecule has 1 aliphatic carbocycles. The van der Waals surface area contributed by atoms with E-state index in [1.54, 1.807) is 17.9 Å². The van der Waals surface area contributed by atoms with Crippen LogP contribution >= 0.6 is 0 Å². The summed E-state index contributed by atoms with van der Waals surface area (Å²) in [6.07, 6.45) is -7.99. The predicted octanol–water partition coefficient (Wildman–Crippen LogP) is 6.77. The summed E-state index contributed by atoms with van der Waals surface area (Å²) in [6.45, 7) is 4.07. The smallest absolute Gasteiger partial charge is 0.416 e. The highest BCUT2D eigenvalue weighted by Crippen LogP contribution is 2.49. The minimum absolute atomic E-state index is 0.0958. The Morgan fingerprint density at radius 3 is 2.26 bits per heavy atom. The van der Waals surface area contributed by atoms with E-state index in [1.807, 2.05) is 12.1 Å². The second-order valence-corrected chi connectivity index (χ2v) is 10.9. The van der Waals surface area contributed by atoms with E-state index in [9.17, 15) is 36.2 Å². The number of rotatable bonds is 7. The molecule has 4 atom stereocenters. The fourth-order valence-electron chi connectivity index (χ4n) is 5.76. The van der Waals surface area contributed by atoms with E-state index < -0.39 is 53.1 Å². The maximum absolute atomic E-state index is 13.6. The van der Waals surface area contributed by atoms with Crippen molar-refractivity contribution in [1.82, 2.24) is 4.90 Å². The molecule has 0 bridgehead atoms. The highest BCUT2D eigenvalue weighted by molar-refractivity contribution is 5.71. The zero-order valence-electron chi connectivity index (χ0n) is 21.4. The maximum Gasteiger partial charge on any atom is 0.416 e. The van der Waals surface area contributed by atoms with Gasteiger partial charge >= 0.3 is 18.3 Å². The summed E-state index contributed by atoms with van der Waals surface area (Å²) in [7, 11) is 0. The number of carbonyl (C=O) groups is 1. The molecule has 2 heterocycles. The first-order valence-corrected chi connectivity index (χ1v) is 12.9. The molecule has 2 aromatic rings. The Morgan fingerprint density at radius 1 is 0.974 bits per heavy atom. The maximum atomic E-state index is 13.6. The number of carboxylic acid groups (broad SMARTS) is 1. The third-order valence-electron chi connectivity index (χ3n) is 8.24. The van der Waals surface area contributed by atoms with Crippen LogP contribution in [-0.4, -0.2) is 41.8 Å². The molecule has 0 aromatic heterocycles. The van der Waals surface area contributed by atoms with Crippen LogP contribution in [0.1, 0.15) is 60.9 Å². The molecule has 0 spiro atoms. The first kappa shape index (κ1) is 27.6. The number of halogens is 6. The van der Waals surface area contributed by atoms with Gasteiger partial charge in [0.25, 0.3) is 0 Å². The summed E-state index contributed by atoms with van der Waals surface area (Å²) in [4.78, 5) is 13.4. The van der Waals surface area contributed by atoms with Crippen molar-refractivity contribution in [2.75, 3.05) is 19.7 Å². The van der Waals surface area contributed by atoms with Crippen molar-refractivity contribution in [1.29, 1.82) is 0 Å². The SMILES string of the molecule is C[C@H](C(=O)O)C(c1ccc2c(c1)O[C@H](C1CN([C@@H](C)c3cc(C(F)(F)F)ccc3C(F)(F)F)C1)CO2)C1CC1. The van der Waals surface area contributed by atoms with Crippen LogP contribution in [0, 0.1) is 17.8 Å². The topological polar surface area (TPSA) is 59.0 Å². The Balaban J connectivity index is 1.29. The van der Waals surface area contributed by atoms with Gasteiger partial charge in [-0.05, 0) is 73.1 Å². The lowest BCUT2D eigenvalue weighted by Crippen LogP contribution is -2.56. The van der Waals surface area contributed by atoms with Crippen LogP contribution in [0.15, 0.2) is 36.4 Å². The molecule has 212 valence electrons. The second-order valence-electron chi connectivity index (χ2n) is 10.9. The molecule has 2 aromatic carbocycles. The summed E-state index contributed by atoms with van der Waals surface area (Å²) in [6, 6.07) is 6.12. The number of hydrogen-bond acceptors (Lipinski definition) is 4. The molecular weight excluding hydrogens is 528 g/mol. The van der Waals surface area contributed by atoms with E-state index in [0.29, 0.717) is 48.7 Å². The molecule has 1 N–H and O–H groups in total. The summed E-state index contributed by atoms with van der Waals surface area (Å²) in [5, 5.41) is 9.57. The van der Waals surface area contributed by atoms with Gasteiger partial charge in [0, 0.05) is 25.0 Å². The molecule has 0 radical (unpaired) electrons. The van der Waals surface area contributed by atoms with Gasteiger partial charge in [-0.1, -0.05) is 13.0 Å². The lowest BCUT2D eigenvalue weighted by molar-refractivity contribution is -0.142. The summed E-state index contributed by atoms with van der Waals surface area (Å²) < 4.78 is 92.6. The number of fused-ring (bicyclic) bond motifs is 1. The molecule has 5 rings (SSSR count).